The number of carboxylic acid groups (broad SMARTS) is 1. The van der Waals surface area contributed by atoms with Crippen LogP contribution in [0.1, 0.15) is 18.0 Å². The lowest BCUT2D eigenvalue weighted by atomic mass is 10.00. The van der Waals surface area contributed by atoms with Gasteiger partial charge in [-0.15, -0.1) is 0 Å². The molecule has 1 aliphatic rings. The number of nitrogens with one attached hydrogen (secondary N) is 1. The van der Waals surface area contributed by atoms with Crippen LogP contribution in [0.4, 0.5) is 4.39 Å². The third kappa shape index (κ3) is 2.18. The van der Waals surface area contributed by atoms with Gasteiger partial charge in [-0.05, 0) is 18.6 Å². The minimum absolute atomic E-state index is 0.238. The highest BCUT2D eigenvalue weighted by atomic mass is 35.5. The van der Waals surface area contributed by atoms with E-state index in [-0.39, 0.29) is 6.04 Å². The van der Waals surface area contributed by atoms with E-state index >= 15 is 0 Å². The van der Waals surface area contributed by atoms with Crippen molar-refractivity contribution in [3.05, 3.63) is 34.6 Å². The number of carbonyl (C=O) groups is 1. The lowest BCUT2D eigenvalue weighted by molar-refractivity contribution is -0.141. The SMILES string of the molecule is O=C(O)C1CNC(c2ccc(Cl)cc2F)C1. The van der Waals surface area contributed by atoms with E-state index in [9.17, 15) is 9.18 Å². The second-order valence-corrected chi connectivity index (χ2v) is 4.33. The average Bonchev–Trinajstić information content (AvgIpc) is 2.66. The van der Waals surface area contributed by atoms with Crippen LogP contribution in [0.2, 0.25) is 5.02 Å². The zero-order valence-corrected chi connectivity index (χ0v) is 9.17. The van der Waals surface area contributed by atoms with Crippen LogP contribution in [0.25, 0.3) is 0 Å². The molecule has 16 heavy (non-hydrogen) atoms. The summed E-state index contributed by atoms with van der Waals surface area (Å²) >= 11 is 5.65. The van der Waals surface area contributed by atoms with Crippen LogP contribution >= 0.6 is 11.6 Å². The van der Waals surface area contributed by atoms with E-state index in [2.05, 4.69) is 5.32 Å². The van der Waals surface area contributed by atoms with Crippen molar-refractivity contribution in [3.63, 3.8) is 0 Å². The number of aliphatic carboxylic acids is 1. The summed E-state index contributed by atoms with van der Waals surface area (Å²) in [7, 11) is 0. The number of carboxylic acids is 1. The monoisotopic (exact) mass is 243 g/mol. The Morgan fingerprint density at radius 2 is 2.31 bits per heavy atom. The van der Waals surface area contributed by atoms with Gasteiger partial charge in [-0.25, -0.2) is 4.39 Å². The molecule has 2 unspecified atom stereocenters. The molecule has 1 fully saturated rings. The van der Waals surface area contributed by atoms with E-state index in [0.717, 1.165) is 0 Å². The van der Waals surface area contributed by atoms with E-state index in [1.54, 1.807) is 12.1 Å². The first kappa shape index (κ1) is 11.4. The Kier molecular flexibility index (Phi) is 3.12. The van der Waals surface area contributed by atoms with Crippen molar-refractivity contribution in [1.29, 1.82) is 0 Å². The van der Waals surface area contributed by atoms with Gasteiger partial charge >= 0.3 is 5.97 Å². The summed E-state index contributed by atoms with van der Waals surface area (Å²) in [6.45, 7) is 0.377. The van der Waals surface area contributed by atoms with Gasteiger partial charge < -0.3 is 10.4 Å². The zero-order chi connectivity index (χ0) is 11.7. The number of rotatable bonds is 2. The van der Waals surface area contributed by atoms with E-state index in [1.807, 2.05) is 0 Å². The molecule has 0 aliphatic carbocycles. The number of benzene rings is 1. The fraction of sp³-hybridized carbons (Fsp3) is 0.364. The summed E-state index contributed by atoms with van der Waals surface area (Å²) in [5, 5.41) is 12.2. The molecule has 5 heteroatoms. The predicted molar refractivity (Wildman–Crippen MR) is 57.9 cm³/mol. The third-order valence-electron chi connectivity index (χ3n) is 2.82. The van der Waals surface area contributed by atoms with Crippen LogP contribution in [0.3, 0.4) is 0 Å². The van der Waals surface area contributed by atoms with Crippen molar-refractivity contribution in [3.8, 4) is 0 Å². The Hall–Kier alpha value is -1.13. The second kappa shape index (κ2) is 4.39. The Labute approximate surface area is 97.2 Å². The van der Waals surface area contributed by atoms with E-state index in [0.29, 0.717) is 23.6 Å². The maximum Gasteiger partial charge on any atom is 0.307 e. The standard InChI is InChI=1S/C11H11ClFNO2/c12-7-1-2-8(9(13)4-7)10-3-6(5-14-10)11(15)16/h1-2,4,6,10,14H,3,5H2,(H,15,16). The van der Waals surface area contributed by atoms with Crippen LogP contribution < -0.4 is 5.32 Å². The van der Waals surface area contributed by atoms with Crippen LogP contribution in [-0.2, 0) is 4.79 Å². The Bertz CT molecular complexity index is 424. The maximum absolute atomic E-state index is 13.6. The van der Waals surface area contributed by atoms with Crippen molar-refractivity contribution in [2.24, 2.45) is 5.92 Å². The average molecular weight is 244 g/mol. The molecule has 0 saturated carbocycles. The van der Waals surface area contributed by atoms with Gasteiger partial charge in [0.15, 0.2) is 0 Å². The van der Waals surface area contributed by atoms with Crippen LogP contribution in [0, 0.1) is 11.7 Å². The second-order valence-electron chi connectivity index (χ2n) is 3.90. The van der Waals surface area contributed by atoms with Gasteiger partial charge in [0.1, 0.15) is 5.82 Å². The first-order chi connectivity index (χ1) is 7.58. The summed E-state index contributed by atoms with van der Waals surface area (Å²) in [6, 6.07) is 4.21. The highest BCUT2D eigenvalue weighted by Gasteiger charge is 2.31. The van der Waals surface area contributed by atoms with E-state index < -0.39 is 17.7 Å². The molecule has 1 aromatic rings. The van der Waals surface area contributed by atoms with Crippen LogP contribution in [0.5, 0.6) is 0 Å². The summed E-state index contributed by atoms with van der Waals surface area (Å²) in [5.41, 5.74) is 0.480. The molecule has 0 aromatic heterocycles. The van der Waals surface area contributed by atoms with E-state index in [4.69, 9.17) is 16.7 Å². The molecule has 1 aromatic carbocycles. The minimum atomic E-state index is -0.843. The lowest BCUT2D eigenvalue weighted by Crippen LogP contribution is -2.17. The van der Waals surface area contributed by atoms with Crippen molar-refractivity contribution in [2.75, 3.05) is 6.54 Å². The smallest absolute Gasteiger partial charge is 0.307 e. The lowest BCUT2D eigenvalue weighted by Gasteiger charge is -2.11. The predicted octanol–water partition coefficient (Wildman–Crippen LogP) is 2.21. The van der Waals surface area contributed by atoms with Crippen molar-refractivity contribution >= 4 is 17.6 Å². The molecule has 1 aliphatic heterocycles. The first-order valence-corrected chi connectivity index (χ1v) is 5.37. The molecular weight excluding hydrogens is 233 g/mol. The molecule has 0 bridgehead atoms. The van der Waals surface area contributed by atoms with Gasteiger partial charge in [0.2, 0.25) is 0 Å². The van der Waals surface area contributed by atoms with E-state index in [1.165, 1.54) is 6.07 Å². The third-order valence-corrected chi connectivity index (χ3v) is 3.05. The highest BCUT2D eigenvalue weighted by molar-refractivity contribution is 6.30. The molecule has 1 heterocycles. The highest BCUT2D eigenvalue weighted by Crippen LogP contribution is 2.30. The topological polar surface area (TPSA) is 49.3 Å². The first-order valence-electron chi connectivity index (χ1n) is 4.99. The summed E-state index contributed by atoms with van der Waals surface area (Å²) in [6.07, 6.45) is 0.411. The zero-order valence-electron chi connectivity index (χ0n) is 8.41. The summed E-state index contributed by atoms with van der Waals surface area (Å²) in [4.78, 5) is 10.8. The van der Waals surface area contributed by atoms with Gasteiger partial charge in [0.05, 0.1) is 5.92 Å². The van der Waals surface area contributed by atoms with Gasteiger partial charge in [0.25, 0.3) is 0 Å². The molecular formula is C11H11ClFNO2. The normalized spacial score (nSPS) is 24.6. The number of halogens is 2. The van der Waals surface area contributed by atoms with Gasteiger partial charge in [0, 0.05) is 23.2 Å². The Balaban J connectivity index is 2.17. The molecule has 2 N–H and O–H groups in total. The fourth-order valence-electron chi connectivity index (χ4n) is 1.94. The number of hydrogen-bond acceptors (Lipinski definition) is 2. The molecule has 2 rings (SSSR count). The van der Waals surface area contributed by atoms with Crippen LogP contribution in [-0.4, -0.2) is 17.6 Å². The van der Waals surface area contributed by atoms with Gasteiger partial charge in [-0.1, -0.05) is 17.7 Å². The van der Waals surface area contributed by atoms with Crippen LogP contribution in [0.15, 0.2) is 18.2 Å². The molecule has 86 valence electrons. The van der Waals surface area contributed by atoms with Crippen molar-refractivity contribution in [1.82, 2.24) is 5.32 Å². The molecule has 0 radical (unpaired) electrons. The molecule has 2 atom stereocenters. The molecule has 3 nitrogen and oxygen atoms in total. The van der Waals surface area contributed by atoms with Gasteiger partial charge in [-0.3, -0.25) is 4.79 Å². The molecule has 1 saturated heterocycles. The largest absolute Gasteiger partial charge is 0.481 e. The molecule has 0 spiro atoms. The van der Waals surface area contributed by atoms with Gasteiger partial charge in [-0.2, -0.15) is 0 Å². The minimum Gasteiger partial charge on any atom is -0.481 e. The Morgan fingerprint density at radius 1 is 1.56 bits per heavy atom. The summed E-state index contributed by atoms with van der Waals surface area (Å²) in [5.74, 6) is -1.68. The van der Waals surface area contributed by atoms with Crippen molar-refractivity contribution in [2.45, 2.75) is 12.5 Å². The molecule has 0 amide bonds. The van der Waals surface area contributed by atoms with Crippen molar-refractivity contribution < 1.29 is 14.3 Å². The number of hydrogen-bond donors (Lipinski definition) is 2. The quantitative estimate of drug-likeness (QED) is 0.837. The summed E-state index contributed by atoms with van der Waals surface area (Å²) < 4.78 is 13.6. The Morgan fingerprint density at radius 3 is 2.88 bits per heavy atom. The fourth-order valence-corrected chi connectivity index (χ4v) is 2.10. The maximum atomic E-state index is 13.6.